The third-order valence-corrected chi connectivity index (χ3v) is 8.18. The highest BCUT2D eigenvalue weighted by molar-refractivity contribution is 6.52. The van der Waals surface area contributed by atoms with Crippen molar-refractivity contribution < 1.29 is 0 Å². The molecule has 96 valence electrons. The van der Waals surface area contributed by atoms with Gasteiger partial charge in [0.2, 0.25) is 0 Å². The van der Waals surface area contributed by atoms with Gasteiger partial charge in [0.15, 0.2) is 0 Å². The maximum absolute atomic E-state index is 2.75. The Hall–Kier alpha value is 0.0969. The minimum Gasteiger partial charge on any atom is -0.302 e. The van der Waals surface area contributed by atoms with Crippen molar-refractivity contribution in [2.24, 2.45) is 0 Å². The topological polar surface area (TPSA) is 9.72 Å². The molecule has 1 aliphatic rings. The SMILES string of the molecule is CCN(CC)[SiH]1N(CC)C(C)N1C(C)(C)C. The first-order valence-electron chi connectivity index (χ1n) is 6.66. The Morgan fingerprint density at radius 3 is 1.94 bits per heavy atom. The lowest BCUT2D eigenvalue weighted by molar-refractivity contribution is 0.00681. The minimum atomic E-state index is -1.03. The molecule has 0 bridgehead atoms. The van der Waals surface area contributed by atoms with E-state index in [0.717, 1.165) is 0 Å². The zero-order valence-electron chi connectivity index (χ0n) is 12.1. The Morgan fingerprint density at radius 1 is 1.12 bits per heavy atom. The lowest BCUT2D eigenvalue weighted by Crippen LogP contribution is -2.82. The van der Waals surface area contributed by atoms with Gasteiger partial charge in [-0.15, -0.1) is 0 Å². The third-order valence-electron chi connectivity index (χ3n) is 3.71. The van der Waals surface area contributed by atoms with Crippen LogP contribution in [0, 0.1) is 0 Å². The van der Waals surface area contributed by atoms with E-state index in [1.54, 1.807) is 0 Å². The molecule has 2 atom stereocenters. The van der Waals surface area contributed by atoms with Crippen LogP contribution in [0.4, 0.5) is 0 Å². The van der Waals surface area contributed by atoms with Crippen LogP contribution >= 0.6 is 0 Å². The summed E-state index contributed by atoms with van der Waals surface area (Å²) < 4.78 is 8.14. The van der Waals surface area contributed by atoms with Crippen molar-refractivity contribution in [2.75, 3.05) is 19.6 Å². The Balaban J connectivity index is 2.84. The molecule has 1 heterocycles. The molecule has 1 rings (SSSR count). The van der Waals surface area contributed by atoms with Gasteiger partial charge in [-0.05, 0) is 47.3 Å². The molecule has 1 saturated heterocycles. The summed E-state index contributed by atoms with van der Waals surface area (Å²) >= 11 is 0. The van der Waals surface area contributed by atoms with Crippen LogP contribution in [0.3, 0.4) is 0 Å². The van der Waals surface area contributed by atoms with Crippen LogP contribution in [-0.2, 0) is 0 Å². The van der Waals surface area contributed by atoms with Gasteiger partial charge >= 0.3 is 0 Å². The van der Waals surface area contributed by atoms with Crippen molar-refractivity contribution in [3.05, 3.63) is 0 Å². The van der Waals surface area contributed by atoms with Gasteiger partial charge in [-0.1, -0.05) is 20.8 Å². The Labute approximate surface area is 103 Å². The van der Waals surface area contributed by atoms with Gasteiger partial charge in [-0.3, -0.25) is 9.13 Å². The van der Waals surface area contributed by atoms with Crippen molar-refractivity contribution in [2.45, 2.75) is 60.2 Å². The van der Waals surface area contributed by atoms with Crippen molar-refractivity contribution in [3.63, 3.8) is 0 Å². The van der Waals surface area contributed by atoms with Gasteiger partial charge < -0.3 is 4.57 Å². The summed E-state index contributed by atoms with van der Waals surface area (Å²) in [6, 6.07) is 0. The second kappa shape index (κ2) is 5.17. The molecule has 0 aliphatic carbocycles. The van der Waals surface area contributed by atoms with Crippen molar-refractivity contribution in [3.8, 4) is 0 Å². The normalized spacial score (nSPS) is 28.5. The van der Waals surface area contributed by atoms with E-state index in [2.05, 4.69) is 62.2 Å². The van der Waals surface area contributed by atoms with Crippen molar-refractivity contribution in [1.29, 1.82) is 0 Å². The molecule has 0 aromatic carbocycles. The zero-order chi connectivity index (χ0) is 12.5. The molecular formula is C12H29N3Si. The summed E-state index contributed by atoms with van der Waals surface area (Å²) in [5.74, 6) is 0. The van der Waals surface area contributed by atoms with Crippen LogP contribution in [0.25, 0.3) is 0 Å². The number of nitrogens with zero attached hydrogens (tertiary/aromatic N) is 3. The maximum atomic E-state index is 2.75. The van der Waals surface area contributed by atoms with E-state index in [4.69, 9.17) is 0 Å². The molecule has 0 spiro atoms. The second-order valence-electron chi connectivity index (χ2n) is 5.61. The molecule has 0 amide bonds. The van der Waals surface area contributed by atoms with Crippen LogP contribution in [0.2, 0.25) is 0 Å². The summed E-state index contributed by atoms with van der Waals surface area (Å²) in [5, 5.41) is 0. The van der Waals surface area contributed by atoms with E-state index in [9.17, 15) is 0 Å². The first kappa shape index (κ1) is 14.2. The molecule has 16 heavy (non-hydrogen) atoms. The van der Waals surface area contributed by atoms with Crippen LogP contribution in [0.5, 0.6) is 0 Å². The quantitative estimate of drug-likeness (QED) is 0.698. The van der Waals surface area contributed by atoms with E-state index in [0.29, 0.717) is 11.7 Å². The smallest absolute Gasteiger partial charge is 0.275 e. The molecule has 0 aromatic rings. The van der Waals surface area contributed by atoms with Crippen molar-refractivity contribution in [1.82, 2.24) is 13.7 Å². The summed E-state index contributed by atoms with van der Waals surface area (Å²) in [4.78, 5) is 0. The van der Waals surface area contributed by atoms with Crippen LogP contribution in [-0.4, -0.2) is 54.3 Å². The van der Waals surface area contributed by atoms with E-state index < -0.39 is 9.28 Å². The van der Waals surface area contributed by atoms with Gasteiger partial charge in [0.05, 0.1) is 6.17 Å². The van der Waals surface area contributed by atoms with Gasteiger partial charge in [0, 0.05) is 5.54 Å². The van der Waals surface area contributed by atoms with Crippen LogP contribution < -0.4 is 0 Å². The lowest BCUT2D eigenvalue weighted by atomic mass is 10.1. The standard InChI is InChI=1S/C12H29N3Si/c1-8-13(9-2)16-14(10-3)11(4)15(16)12(5,6)7/h11,16H,8-10H2,1-7H3. The molecule has 0 radical (unpaired) electrons. The molecule has 0 aromatic heterocycles. The van der Waals surface area contributed by atoms with Gasteiger partial charge in [0.25, 0.3) is 9.28 Å². The third kappa shape index (κ3) is 2.35. The summed E-state index contributed by atoms with van der Waals surface area (Å²) in [5.41, 5.74) is 0.310. The molecule has 0 N–H and O–H groups in total. The van der Waals surface area contributed by atoms with Crippen LogP contribution in [0.15, 0.2) is 0 Å². The molecule has 0 saturated carbocycles. The monoisotopic (exact) mass is 243 g/mol. The predicted octanol–water partition coefficient (Wildman–Crippen LogP) is 1.83. The highest BCUT2D eigenvalue weighted by Crippen LogP contribution is 2.32. The highest BCUT2D eigenvalue weighted by Gasteiger charge is 2.51. The second-order valence-corrected chi connectivity index (χ2v) is 8.25. The summed E-state index contributed by atoms with van der Waals surface area (Å²) in [6.07, 6.45) is 0.627. The Kier molecular flexibility index (Phi) is 4.57. The van der Waals surface area contributed by atoms with E-state index >= 15 is 0 Å². The highest BCUT2D eigenvalue weighted by atomic mass is 28.3. The van der Waals surface area contributed by atoms with E-state index in [1.165, 1.54) is 19.6 Å². The predicted molar refractivity (Wildman–Crippen MR) is 73.5 cm³/mol. The Morgan fingerprint density at radius 2 is 1.62 bits per heavy atom. The molecule has 4 heteroatoms. The summed E-state index contributed by atoms with van der Waals surface area (Å²) in [7, 11) is -1.03. The fourth-order valence-electron chi connectivity index (χ4n) is 2.91. The maximum Gasteiger partial charge on any atom is 0.275 e. The fourth-order valence-corrected chi connectivity index (χ4v) is 6.54. The molecule has 3 nitrogen and oxygen atoms in total. The summed E-state index contributed by atoms with van der Waals surface area (Å²) in [6.45, 7) is 19.8. The average Bonchev–Trinajstić information content (AvgIpc) is 2.16. The molecule has 1 aliphatic heterocycles. The van der Waals surface area contributed by atoms with Crippen LogP contribution in [0.1, 0.15) is 48.5 Å². The number of hydrogen-bond donors (Lipinski definition) is 0. The number of rotatable bonds is 4. The van der Waals surface area contributed by atoms with Gasteiger partial charge in [-0.25, -0.2) is 0 Å². The van der Waals surface area contributed by atoms with E-state index in [-0.39, 0.29) is 0 Å². The average molecular weight is 243 g/mol. The Bertz CT molecular complexity index is 215. The number of hydrogen-bond acceptors (Lipinski definition) is 3. The largest absolute Gasteiger partial charge is 0.302 e. The first-order valence-corrected chi connectivity index (χ1v) is 8.21. The molecule has 2 unspecified atom stereocenters. The lowest BCUT2D eigenvalue weighted by Gasteiger charge is -2.63. The first-order chi connectivity index (χ1) is 7.38. The van der Waals surface area contributed by atoms with E-state index in [1.807, 2.05) is 0 Å². The van der Waals surface area contributed by atoms with Gasteiger partial charge in [-0.2, -0.15) is 0 Å². The minimum absolute atomic E-state index is 0.310. The molecule has 1 fully saturated rings. The zero-order valence-corrected chi connectivity index (χ0v) is 13.3. The molecular weight excluding hydrogens is 214 g/mol. The van der Waals surface area contributed by atoms with Crippen molar-refractivity contribution >= 4 is 9.28 Å². The fraction of sp³-hybridized carbons (Fsp3) is 1.00. The van der Waals surface area contributed by atoms with Gasteiger partial charge in [0.1, 0.15) is 0 Å².